The van der Waals surface area contributed by atoms with E-state index in [1.54, 1.807) is 24.3 Å². The summed E-state index contributed by atoms with van der Waals surface area (Å²) in [6.07, 6.45) is 1.05. The van der Waals surface area contributed by atoms with Gasteiger partial charge in [-0.05, 0) is 23.6 Å². The normalized spacial score (nSPS) is 20.1. The second kappa shape index (κ2) is 5.77. The molecular formula is C15H18N2O3. The first-order valence-corrected chi connectivity index (χ1v) is 6.52. The maximum Gasteiger partial charge on any atom is 0.268 e. The van der Waals surface area contributed by atoms with Crippen molar-refractivity contribution in [2.24, 2.45) is 5.92 Å². The molecular weight excluding hydrogens is 256 g/mol. The predicted octanol–water partition coefficient (Wildman–Crippen LogP) is 1.39. The maximum atomic E-state index is 11.9. The highest BCUT2D eigenvalue weighted by atomic mass is 16.5. The van der Waals surface area contributed by atoms with Gasteiger partial charge in [0.2, 0.25) is 0 Å². The second-order valence-corrected chi connectivity index (χ2v) is 5.16. The van der Waals surface area contributed by atoms with Gasteiger partial charge < -0.3 is 10.5 Å². The van der Waals surface area contributed by atoms with Gasteiger partial charge in [0.15, 0.2) is 17.8 Å². The largest absolute Gasteiger partial charge is 0.465 e. The van der Waals surface area contributed by atoms with Crippen molar-refractivity contribution < 1.29 is 14.3 Å². The van der Waals surface area contributed by atoms with Crippen molar-refractivity contribution in [3.8, 4) is 0 Å². The Kier molecular flexibility index (Phi) is 4.08. The molecule has 2 rings (SSSR count). The number of allylic oxidation sites excluding steroid dienone is 1. The molecule has 0 aliphatic carbocycles. The van der Waals surface area contributed by atoms with Crippen molar-refractivity contribution in [1.29, 1.82) is 0 Å². The summed E-state index contributed by atoms with van der Waals surface area (Å²) >= 11 is 0. The number of nitrogens with two attached hydrogens (primary N) is 1. The number of nitrogen functional groups attached to an aromatic ring is 1. The van der Waals surface area contributed by atoms with Crippen LogP contribution in [-0.4, -0.2) is 17.8 Å². The number of amides is 1. The molecule has 106 valence electrons. The lowest BCUT2D eigenvalue weighted by atomic mass is 10.1. The van der Waals surface area contributed by atoms with Gasteiger partial charge in [-0.1, -0.05) is 26.0 Å². The van der Waals surface area contributed by atoms with E-state index < -0.39 is 6.10 Å². The van der Waals surface area contributed by atoms with Crippen molar-refractivity contribution in [2.75, 3.05) is 5.73 Å². The quantitative estimate of drug-likeness (QED) is 0.642. The van der Waals surface area contributed by atoms with Crippen molar-refractivity contribution >= 4 is 17.4 Å². The molecule has 1 aliphatic rings. The number of ether oxygens (including phenoxy) is 1. The first kappa shape index (κ1) is 14.1. The summed E-state index contributed by atoms with van der Waals surface area (Å²) in [4.78, 5) is 23.5. The number of nitrogens with one attached hydrogen (secondary N) is 1. The lowest BCUT2D eigenvalue weighted by Gasteiger charge is -2.10. The number of anilines is 1. The molecule has 0 saturated carbocycles. The Hall–Kier alpha value is -2.30. The number of hydrogen-bond donors (Lipinski definition) is 2. The van der Waals surface area contributed by atoms with Gasteiger partial charge in [-0.15, -0.1) is 0 Å². The number of ketones is 1. The van der Waals surface area contributed by atoms with E-state index in [2.05, 4.69) is 5.32 Å². The molecule has 5 nitrogen and oxygen atoms in total. The van der Waals surface area contributed by atoms with Gasteiger partial charge in [0.25, 0.3) is 5.91 Å². The Morgan fingerprint density at radius 2 is 2.05 bits per heavy atom. The summed E-state index contributed by atoms with van der Waals surface area (Å²) in [6.45, 7) is 3.78. The van der Waals surface area contributed by atoms with Gasteiger partial charge in [-0.2, -0.15) is 0 Å². The molecule has 1 aromatic carbocycles. The summed E-state index contributed by atoms with van der Waals surface area (Å²) in [7, 11) is 0. The highest BCUT2D eigenvalue weighted by molar-refractivity contribution is 5.93. The van der Waals surface area contributed by atoms with Crippen molar-refractivity contribution in [3.63, 3.8) is 0 Å². The average molecular weight is 274 g/mol. The van der Waals surface area contributed by atoms with Crippen LogP contribution in [-0.2, 0) is 20.7 Å². The third kappa shape index (κ3) is 3.38. The summed E-state index contributed by atoms with van der Waals surface area (Å²) < 4.78 is 5.42. The van der Waals surface area contributed by atoms with Crippen molar-refractivity contribution in [2.45, 2.75) is 26.4 Å². The highest BCUT2D eigenvalue weighted by Gasteiger charge is 2.32. The molecule has 1 saturated heterocycles. The molecule has 1 aromatic rings. The van der Waals surface area contributed by atoms with Crippen molar-refractivity contribution in [3.05, 3.63) is 41.8 Å². The monoisotopic (exact) mass is 274 g/mol. The van der Waals surface area contributed by atoms with Crippen molar-refractivity contribution in [1.82, 2.24) is 5.32 Å². The topological polar surface area (TPSA) is 81.4 Å². The number of rotatable bonds is 4. The lowest BCUT2D eigenvalue weighted by molar-refractivity contribution is -0.125. The van der Waals surface area contributed by atoms with Crippen LogP contribution in [0.15, 0.2) is 36.2 Å². The van der Waals surface area contributed by atoms with Crippen LogP contribution < -0.4 is 11.1 Å². The van der Waals surface area contributed by atoms with Crippen LogP contribution in [0.1, 0.15) is 19.4 Å². The molecule has 0 spiro atoms. The fourth-order valence-electron chi connectivity index (χ4n) is 1.96. The Morgan fingerprint density at radius 1 is 1.40 bits per heavy atom. The third-order valence-corrected chi connectivity index (χ3v) is 3.01. The Bertz CT molecular complexity index is 547. The predicted molar refractivity (Wildman–Crippen MR) is 75.5 cm³/mol. The number of hydrogen-bond acceptors (Lipinski definition) is 4. The Labute approximate surface area is 117 Å². The minimum Gasteiger partial charge on any atom is -0.465 e. The van der Waals surface area contributed by atoms with E-state index in [9.17, 15) is 9.59 Å². The molecule has 1 fully saturated rings. The van der Waals surface area contributed by atoms with Crippen LogP contribution in [0.5, 0.6) is 0 Å². The molecule has 0 bridgehead atoms. The van der Waals surface area contributed by atoms with Crippen LogP contribution in [0.4, 0.5) is 5.69 Å². The smallest absolute Gasteiger partial charge is 0.268 e. The minimum absolute atomic E-state index is 0.0631. The summed E-state index contributed by atoms with van der Waals surface area (Å²) in [5.41, 5.74) is 7.11. The zero-order chi connectivity index (χ0) is 14.7. The number of carbonyl (C=O) groups is 2. The van der Waals surface area contributed by atoms with E-state index in [0.717, 1.165) is 5.56 Å². The van der Waals surface area contributed by atoms with E-state index in [4.69, 9.17) is 10.5 Å². The first-order chi connectivity index (χ1) is 9.45. The zero-order valence-corrected chi connectivity index (χ0v) is 11.6. The molecule has 5 heteroatoms. The van der Waals surface area contributed by atoms with Gasteiger partial charge in [-0.25, -0.2) is 0 Å². The SMILES string of the molecule is CC(C)[C@@H]1O/C(=C/C(=O)Cc2ccc(N)cc2)NC1=O. The van der Waals surface area contributed by atoms with Gasteiger partial charge in [0.05, 0.1) is 0 Å². The number of carbonyl (C=O) groups excluding carboxylic acids is 2. The van der Waals surface area contributed by atoms with Crippen LogP contribution >= 0.6 is 0 Å². The van der Waals surface area contributed by atoms with Gasteiger partial charge in [0, 0.05) is 18.2 Å². The molecule has 1 atom stereocenters. The second-order valence-electron chi connectivity index (χ2n) is 5.16. The molecule has 20 heavy (non-hydrogen) atoms. The molecule has 1 amide bonds. The molecule has 0 unspecified atom stereocenters. The third-order valence-electron chi connectivity index (χ3n) is 3.01. The summed E-state index contributed by atoms with van der Waals surface area (Å²) in [6, 6.07) is 7.10. The molecule has 1 aliphatic heterocycles. The van der Waals surface area contributed by atoms with E-state index in [0.29, 0.717) is 5.69 Å². The maximum absolute atomic E-state index is 11.9. The highest BCUT2D eigenvalue weighted by Crippen LogP contribution is 2.17. The number of benzene rings is 1. The molecule has 0 aromatic heterocycles. The van der Waals surface area contributed by atoms with Gasteiger partial charge in [-0.3, -0.25) is 14.9 Å². The van der Waals surface area contributed by atoms with Gasteiger partial charge >= 0.3 is 0 Å². The standard InChI is InChI=1S/C15H18N2O3/c1-9(2)14-15(19)17-13(20-14)8-12(18)7-10-3-5-11(16)6-4-10/h3-6,8-9,14H,7,16H2,1-2H3,(H,17,19)/b13-8+/t14-/m0/s1. The van der Waals surface area contributed by atoms with Crippen LogP contribution in [0, 0.1) is 5.92 Å². The molecule has 0 radical (unpaired) electrons. The fourth-order valence-corrected chi connectivity index (χ4v) is 1.96. The van der Waals surface area contributed by atoms with E-state index in [1.165, 1.54) is 6.08 Å². The van der Waals surface area contributed by atoms with Crippen LogP contribution in [0.25, 0.3) is 0 Å². The summed E-state index contributed by atoms with van der Waals surface area (Å²) in [5.74, 6) is -0.0387. The summed E-state index contributed by atoms with van der Waals surface area (Å²) in [5, 5.41) is 2.57. The van der Waals surface area contributed by atoms with E-state index in [1.807, 2.05) is 13.8 Å². The molecule has 1 heterocycles. The molecule has 3 N–H and O–H groups in total. The lowest BCUT2D eigenvalue weighted by Crippen LogP contribution is -2.27. The van der Waals surface area contributed by atoms with Crippen LogP contribution in [0.3, 0.4) is 0 Å². The Balaban J connectivity index is 1.99. The average Bonchev–Trinajstić information content (AvgIpc) is 2.73. The minimum atomic E-state index is -0.523. The fraction of sp³-hybridized carbons (Fsp3) is 0.333. The Morgan fingerprint density at radius 3 is 2.60 bits per heavy atom. The zero-order valence-electron chi connectivity index (χ0n) is 11.6. The van der Waals surface area contributed by atoms with E-state index >= 15 is 0 Å². The first-order valence-electron chi connectivity index (χ1n) is 6.52. The van der Waals surface area contributed by atoms with Crippen LogP contribution in [0.2, 0.25) is 0 Å². The van der Waals surface area contributed by atoms with E-state index in [-0.39, 0.29) is 29.9 Å². The van der Waals surface area contributed by atoms with Gasteiger partial charge in [0.1, 0.15) is 0 Å².